The third-order valence-electron chi connectivity index (χ3n) is 3.78. The van der Waals surface area contributed by atoms with Crippen molar-refractivity contribution in [3.05, 3.63) is 46.9 Å². The molecule has 4 heteroatoms. The van der Waals surface area contributed by atoms with Gasteiger partial charge in [-0.25, -0.2) is 0 Å². The molecule has 1 N–H and O–H groups in total. The summed E-state index contributed by atoms with van der Waals surface area (Å²) in [6, 6.07) is 8.29. The Kier molecular flexibility index (Phi) is 3.88. The van der Waals surface area contributed by atoms with E-state index in [9.17, 15) is 0 Å². The fraction of sp³-hybridized carbons (Fsp3) is 0.412. The smallest absolute Gasteiger partial charge is 0.161 e. The van der Waals surface area contributed by atoms with E-state index in [0.29, 0.717) is 13.2 Å². The molecule has 21 heavy (non-hydrogen) atoms. The summed E-state index contributed by atoms with van der Waals surface area (Å²) in [4.78, 5) is 0. The summed E-state index contributed by atoms with van der Waals surface area (Å²) in [5.41, 5.74) is 2.30. The summed E-state index contributed by atoms with van der Waals surface area (Å²) in [6.07, 6.45) is 0.916. The molecule has 0 fully saturated rings. The molecule has 1 aromatic carbocycles. The minimum Gasteiger partial charge on any atom is -0.490 e. The van der Waals surface area contributed by atoms with Crippen molar-refractivity contribution >= 4 is 0 Å². The lowest BCUT2D eigenvalue weighted by Gasteiger charge is -2.18. The summed E-state index contributed by atoms with van der Waals surface area (Å²) < 4.78 is 17.1. The predicted molar refractivity (Wildman–Crippen MR) is 81.1 cm³/mol. The van der Waals surface area contributed by atoms with Crippen molar-refractivity contribution in [2.45, 2.75) is 26.3 Å². The second-order valence-corrected chi connectivity index (χ2v) is 5.35. The first-order chi connectivity index (χ1) is 10.2. The van der Waals surface area contributed by atoms with Gasteiger partial charge in [0.2, 0.25) is 0 Å². The molecular formula is C17H21NO3. The van der Waals surface area contributed by atoms with Gasteiger partial charge in [-0.1, -0.05) is 6.07 Å². The van der Waals surface area contributed by atoms with Crippen LogP contribution in [0.25, 0.3) is 0 Å². The molecule has 4 nitrogen and oxygen atoms in total. The van der Waals surface area contributed by atoms with Gasteiger partial charge >= 0.3 is 0 Å². The first-order valence-corrected chi connectivity index (χ1v) is 7.33. The average Bonchev–Trinajstić information content (AvgIpc) is 2.68. The highest BCUT2D eigenvalue weighted by molar-refractivity contribution is 5.46. The van der Waals surface area contributed by atoms with Crippen molar-refractivity contribution in [1.29, 1.82) is 0 Å². The van der Waals surface area contributed by atoms with Crippen LogP contribution in [0.4, 0.5) is 0 Å². The van der Waals surface area contributed by atoms with Gasteiger partial charge in [-0.3, -0.25) is 0 Å². The van der Waals surface area contributed by atoms with E-state index in [4.69, 9.17) is 13.9 Å². The molecular weight excluding hydrogens is 266 g/mol. The summed E-state index contributed by atoms with van der Waals surface area (Å²) in [5.74, 6) is 3.52. The number of hydrogen-bond acceptors (Lipinski definition) is 4. The standard InChI is InChI=1S/C17H21NO3/c1-11-9-14(12(2)21-11)17(18-3)13-5-6-15-16(10-13)20-8-4-7-19-15/h5-6,9-10,17-18H,4,7-8H2,1-3H3. The number of fused-ring (bicyclic) bond motifs is 1. The Morgan fingerprint density at radius 1 is 1.05 bits per heavy atom. The van der Waals surface area contributed by atoms with Gasteiger partial charge < -0.3 is 19.2 Å². The van der Waals surface area contributed by atoms with Crippen LogP contribution in [0, 0.1) is 13.8 Å². The van der Waals surface area contributed by atoms with Crippen LogP contribution in [-0.2, 0) is 0 Å². The highest BCUT2D eigenvalue weighted by Gasteiger charge is 2.20. The van der Waals surface area contributed by atoms with Crippen molar-refractivity contribution in [3.63, 3.8) is 0 Å². The van der Waals surface area contributed by atoms with Crippen LogP contribution in [0.2, 0.25) is 0 Å². The first kappa shape index (κ1) is 14.0. The van der Waals surface area contributed by atoms with Crippen LogP contribution < -0.4 is 14.8 Å². The second kappa shape index (κ2) is 5.82. The molecule has 112 valence electrons. The van der Waals surface area contributed by atoms with E-state index in [1.165, 1.54) is 0 Å². The van der Waals surface area contributed by atoms with Crippen LogP contribution >= 0.6 is 0 Å². The van der Waals surface area contributed by atoms with E-state index in [1.807, 2.05) is 27.0 Å². The van der Waals surface area contributed by atoms with E-state index in [1.54, 1.807) is 0 Å². The topological polar surface area (TPSA) is 43.6 Å². The van der Waals surface area contributed by atoms with Crippen LogP contribution in [0.1, 0.15) is 35.1 Å². The minimum absolute atomic E-state index is 0.0830. The normalized spacial score (nSPS) is 15.6. The first-order valence-electron chi connectivity index (χ1n) is 7.33. The molecule has 0 aliphatic carbocycles. The zero-order valence-corrected chi connectivity index (χ0v) is 12.7. The molecule has 0 spiro atoms. The Hall–Kier alpha value is -1.94. The van der Waals surface area contributed by atoms with Gasteiger partial charge in [-0.2, -0.15) is 0 Å². The largest absolute Gasteiger partial charge is 0.490 e. The number of nitrogens with one attached hydrogen (secondary N) is 1. The number of benzene rings is 1. The molecule has 0 saturated carbocycles. The lowest BCUT2D eigenvalue weighted by atomic mass is 9.98. The SMILES string of the molecule is CNC(c1ccc2c(c1)OCCCO2)c1cc(C)oc1C. The Morgan fingerprint density at radius 2 is 1.81 bits per heavy atom. The van der Waals surface area contributed by atoms with Gasteiger partial charge in [0.25, 0.3) is 0 Å². The molecule has 3 rings (SSSR count). The van der Waals surface area contributed by atoms with Crippen LogP contribution in [0.15, 0.2) is 28.7 Å². The fourth-order valence-corrected chi connectivity index (χ4v) is 2.80. The lowest BCUT2D eigenvalue weighted by Crippen LogP contribution is -2.18. The summed E-state index contributed by atoms with van der Waals surface area (Å²) in [5, 5.41) is 3.35. The Balaban J connectivity index is 1.98. The monoisotopic (exact) mass is 287 g/mol. The van der Waals surface area contributed by atoms with Gasteiger partial charge in [-0.05, 0) is 44.7 Å². The summed E-state index contributed by atoms with van der Waals surface area (Å²) >= 11 is 0. The zero-order chi connectivity index (χ0) is 14.8. The number of hydrogen-bond donors (Lipinski definition) is 1. The van der Waals surface area contributed by atoms with Gasteiger partial charge in [0.05, 0.1) is 19.3 Å². The maximum absolute atomic E-state index is 5.78. The second-order valence-electron chi connectivity index (χ2n) is 5.35. The van der Waals surface area contributed by atoms with E-state index in [-0.39, 0.29) is 6.04 Å². The van der Waals surface area contributed by atoms with Gasteiger partial charge in [0.15, 0.2) is 11.5 Å². The predicted octanol–water partition coefficient (Wildman–Crippen LogP) is 3.37. The van der Waals surface area contributed by atoms with E-state index >= 15 is 0 Å². The number of aryl methyl sites for hydroxylation is 2. The average molecular weight is 287 g/mol. The van der Waals surface area contributed by atoms with Gasteiger partial charge in [0, 0.05) is 12.0 Å². The molecule has 1 aliphatic rings. The quantitative estimate of drug-likeness (QED) is 0.940. The van der Waals surface area contributed by atoms with Gasteiger partial charge in [-0.15, -0.1) is 0 Å². The molecule has 1 atom stereocenters. The Bertz CT molecular complexity index is 633. The van der Waals surface area contributed by atoms with E-state index in [0.717, 1.165) is 40.6 Å². The van der Waals surface area contributed by atoms with Gasteiger partial charge in [0.1, 0.15) is 11.5 Å². The van der Waals surface area contributed by atoms with Crippen LogP contribution in [0.3, 0.4) is 0 Å². The molecule has 0 radical (unpaired) electrons. The third kappa shape index (κ3) is 2.76. The summed E-state index contributed by atoms with van der Waals surface area (Å²) in [6.45, 7) is 5.37. The lowest BCUT2D eigenvalue weighted by molar-refractivity contribution is 0.297. The molecule has 1 unspecified atom stereocenters. The van der Waals surface area contributed by atoms with Crippen LogP contribution in [-0.4, -0.2) is 20.3 Å². The van der Waals surface area contributed by atoms with E-state index in [2.05, 4.69) is 23.5 Å². The molecule has 0 amide bonds. The Labute approximate surface area is 125 Å². The maximum Gasteiger partial charge on any atom is 0.161 e. The third-order valence-corrected chi connectivity index (χ3v) is 3.78. The zero-order valence-electron chi connectivity index (χ0n) is 12.7. The molecule has 2 aromatic rings. The molecule has 0 bridgehead atoms. The molecule has 1 aliphatic heterocycles. The highest BCUT2D eigenvalue weighted by Crippen LogP contribution is 2.35. The van der Waals surface area contributed by atoms with Crippen LogP contribution in [0.5, 0.6) is 11.5 Å². The van der Waals surface area contributed by atoms with E-state index < -0.39 is 0 Å². The summed E-state index contributed by atoms with van der Waals surface area (Å²) in [7, 11) is 1.95. The number of ether oxygens (including phenoxy) is 2. The molecule has 0 saturated heterocycles. The number of rotatable bonds is 3. The van der Waals surface area contributed by atoms with Crippen molar-refractivity contribution in [2.24, 2.45) is 0 Å². The highest BCUT2D eigenvalue weighted by atomic mass is 16.5. The molecule has 2 heterocycles. The number of furan rings is 1. The van der Waals surface area contributed by atoms with Crippen molar-refractivity contribution < 1.29 is 13.9 Å². The molecule has 1 aromatic heterocycles. The van der Waals surface area contributed by atoms with Crippen molar-refractivity contribution in [1.82, 2.24) is 5.32 Å². The minimum atomic E-state index is 0.0830. The maximum atomic E-state index is 5.78. The fourth-order valence-electron chi connectivity index (χ4n) is 2.80. The van der Waals surface area contributed by atoms with Crippen molar-refractivity contribution in [2.75, 3.05) is 20.3 Å². The van der Waals surface area contributed by atoms with Crippen molar-refractivity contribution in [3.8, 4) is 11.5 Å². The Morgan fingerprint density at radius 3 is 2.48 bits per heavy atom.